The Bertz CT molecular complexity index is 907. The van der Waals surface area contributed by atoms with E-state index in [9.17, 15) is 0 Å². The lowest BCUT2D eigenvalue weighted by Crippen LogP contribution is -2.01. The summed E-state index contributed by atoms with van der Waals surface area (Å²) in [6, 6.07) is 6.47. The number of ether oxygens (including phenoxy) is 1. The minimum Gasteiger partial charge on any atom is -0.480 e. The van der Waals surface area contributed by atoms with E-state index < -0.39 is 0 Å². The van der Waals surface area contributed by atoms with Crippen molar-refractivity contribution in [3.05, 3.63) is 41.2 Å². The second-order valence-electron chi connectivity index (χ2n) is 7.02. The molecule has 0 radical (unpaired) electrons. The van der Waals surface area contributed by atoms with Gasteiger partial charge in [0.05, 0.1) is 29.4 Å². The molecule has 0 aromatic carbocycles. The van der Waals surface area contributed by atoms with Crippen LogP contribution in [-0.2, 0) is 0 Å². The van der Waals surface area contributed by atoms with Crippen LogP contribution in [0, 0.1) is 6.92 Å². The molecule has 1 aliphatic carbocycles. The van der Waals surface area contributed by atoms with E-state index in [2.05, 4.69) is 44.0 Å². The highest BCUT2D eigenvalue weighted by Crippen LogP contribution is 2.46. The summed E-state index contributed by atoms with van der Waals surface area (Å²) in [5, 5.41) is 0. The average Bonchev–Trinajstić information content (AvgIpc) is 3.37. The Labute approximate surface area is 142 Å². The first-order valence-electron chi connectivity index (χ1n) is 8.62. The molecule has 3 aromatic rings. The summed E-state index contributed by atoms with van der Waals surface area (Å²) in [5.41, 5.74) is 7.68. The van der Waals surface area contributed by atoms with Crippen LogP contribution in [0.15, 0.2) is 24.4 Å². The molecular formula is C20H23N3O. The van der Waals surface area contributed by atoms with Crippen molar-refractivity contribution < 1.29 is 4.74 Å². The fourth-order valence-electron chi connectivity index (χ4n) is 3.23. The van der Waals surface area contributed by atoms with Crippen LogP contribution in [0.5, 0.6) is 5.88 Å². The Morgan fingerprint density at radius 1 is 1.21 bits per heavy atom. The number of hydrogen-bond donors (Lipinski definition) is 1. The maximum Gasteiger partial charge on any atom is 0.222 e. The summed E-state index contributed by atoms with van der Waals surface area (Å²) in [6.45, 7) is 6.37. The monoisotopic (exact) mass is 321 g/mol. The lowest BCUT2D eigenvalue weighted by atomic mass is 10.0. The summed E-state index contributed by atoms with van der Waals surface area (Å²) in [6.07, 6.45) is 4.49. The van der Waals surface area contributed by atoms with Crippen molar-refractivity contribution in [3.63, 3.8) is 0 Å². The second kappa shape index (κ2) is 5.62. The molecule has 3 aromatic heterocycles. The zero-order valence-corrected chi connectivity index (χ0v) is 14.7. The lowest BCUT2D eigenvalue weighted by Gasteiger charge is -2.14. The Morgan fingerprint density at radius 3 is 2.67 bits per heavy atom. The molecule has 0 atom stereocenters. The Morgan fingerprint density at radius 2 is 2.00 bits per heavy atom. The Balaban J connectivity index is 1.94. The van der Waals surface area contributed by atoms with Gasteiger partial charge < -0.3 is 9.72 Å². The van der Waals surface area contributed by atoms with Gasteiger partial charge in [0.1, 0.15) is 0 Å². The van der Waals surface area contributed by atoms with Crippen LogP contribution in [0.25, 0.3) is 22.3 Å². The van der Waals surface area contributed by atoms with Crippen LogP contribution in [0.2, 0.25) is 0 Å². The van der Waals surface area contributed by atoms with Gasteiger partial charge in [-0.05, 0) is 60.9 Å². The van der Waals surface area contributed by atoms with Gasteiger partial charge in [0, 0.05) is 11.9 Å². The number of fused-ring (bicyclic) bond motifs is 1. The van der Waals surface area contributed by atoms with Crippen molar-refractivity contribution >= 4 is 11.0 Å². The Hall–Kier alpha value is -2.36. The first-order chi connectivity index (χ1) is 11.6. The average molecular weight is 321 g/mol. The van der Waals surface area contributed by atoms with Crippen LogP contribution in [0.1, 0.15) is 55.3 Å². The number of nitrogens with zero attached hydrogens (tertiary/aromatic N) is 2. The molecule has 124 valence electrons. The van der Waals surface area contributed by atoms with Gasteiger partial charge in [0.2, 0.25) is 5.88 Å². The largest absolute Gasteiger partial charge is 0.480 e. The SMILES string of the molecule is COc1nc(C(C)C)ccc1-c1nc2c(C)c[nH]c2cc1C1CC1. The van der Waals surface area contributed by atoms with Gasteiger partial charge in [0.25, 0.3) is 0 Å². The molecule has 4 rings (SSSR count). The highest BCUT2D eigenvalue weighted by atomic mass is 16.5. The zero-order chi connectivity index (χ0) is 16.8. The van der Waals surface area contributed by atoms with Crippen LogP contribution in [0.4, 0.5) is 0 Å². The van der Waals surface area contributed by atoms with Crippen molar-refractivity contribution in [1.29, 1.82) is 0 Å². The van der Waals surface area contributed by atoms with Gasteiger partial charge in [-0.25, -0.2) is 9.97 Å². The van der Waals surface area contributed by atoms with Gasteiger partial charge in [-0.15, -0.1) is 0 Å². The van der Waals surface area contributed by atoms with E-state index in [-0.39, 0.29) is 0 Å². The minimum atomic E-state index is 0.373. The summed E-state index contributed by atoms with van der Waals surface area (Å²) < 4.78 is 5.61. The predicted molar refractivity (Wildman–Crippen MR) is 96.7 cm³/mol. The molecule has 1 fully saturated rings. The molecule has 0 amide bonds. The summed E-state index contributed by atoms with van der Waals surface area (Å²) in [7, 11) is 1.69. The number of nitrogens with one attached hydrogen (secondary N) is 1. The number of aryl methyl sites for hydroxylation is 1. The van der Waals surface area contributed by atoms with Gasteiger partial charge in [0.15, 0.2) is 0 Å². The van der Waals surface area contributed by atoms with Gasteiger partial charge in [-0.1, -0.05) is 13.8 Å². The van der Waals surface area contributed by atoms with E-state index in [1.54, 1.807) is 7.11 Å². The molecule has 0 saturated heterocycles. The van der Waals surface area contributed by atoms with Gasteiger partial charge >= 0.3 is 0 Å². The van der Waals surface area contributed by atoms with E-state index in [1.165, 1.54) is 24.0 Å². The third-order valence-electron chi connectivity index (χ3n) is 4.81. The molecule has 0 spiro atoms. The number of rotatable bonds is 4. The molecule has 0 unspecified atom stereocenters. The van der Waals surface area contributed by atoms with Crippen molar-refractivity contribution in [1.82, 2.24) is 15.0 Å². The quantitative estimate of drug-likeness (QED) is 0.740. The fourth-order valence-corrected chi connectivity index (χ4v) is 3.23. The van der Waals surface area contributed by atoms with Crippen LogP contribution >= 0.6 is 0 Å². The van der Waals surface area contributed by atoms with Gasteiger partial charge in [-0.3, -0.25) is 0 Å². The number of aromatic nitrogens is 3. The first-order valence-corrected chi connectivity index (χ1v) is 8.62. The maximum atomic E-state index is 5.61. The second-order valence-corrected chi connectivity index (χ2v) is 7.02. The van der Waals surface area contributed by atoms with Crippen molar-refractivity contribution in [3.8, 4) is 17.1 Å². The minimum absolute atomic E-state index is 0.373. The van der Waals surface area contributed by atoms with E-state index in [0.717, 1.165) is 28.0 Å². The zero-order valence-electron chi connectivity index (χ0n) is 14.7. The van der Waals surface area contributed by atoms with Crippen LogP contribution < -0.4 is 4.74 Å². The normalized spacial score (nSPS) is 14.5. The van der Waals surface area contributed by atoms with Gasteiger partial charge in [-0.2, -0.15) is 0 Å². The van der Waals surface area contributed by atoms with E-state index in [4.69, 9.17) is 14.7 Å². The third kappa shape index (κ3) is 2.46. The summed E-state index contributed by atoms with van der Waals surface area (Å²) in [4.78, 5) is 13.0. The Kier molecular flexibility index (Phi) is 3.56. The highest BCUT2D eigenvalue weighted by molar-refractivity contribution is 5.84. The molecule has 1 aliphatic rings. The molecule has 1 saturated carbocycles. The van der Waals surface area contributed by atoms with Crippen LogP contribution in [0.3, 0.4) is 0 Å². The highest BCUT2D eigenvalue weighted by Gasteiger charge is 2.29. The van der Waals surface area contributed by atoms with E-state index in [0.29, 0.717) is 17.7 Å². The lowest BCUT2D eigenvalue weighted by molar-refractivity contribution is 0.397. The smallest absolute Gasteiger partial charge is 0.222 e. The van der Waals surface area contributed by atoms with Crippen molar-refractivity contribution in [2.75, 3.05) is 7.11 Å². The molecule has 0 bridgehead atoms. The first kappa shape index (κ1) is 15.2. The number of H-pyrrole nitrogens is 1. The molecule has 4 heteroatoms. The number of methoxy groups -OCH3 is 1. The molecule has 3 heterocycles. The molecule has 1 N–H and O–H groups in total. The summed E-state index contributed by atoms with van der Waals surface area (Å²) >= 11 is 0. The van der Waals surface area contributed by atoms with E-state index >= 15 is 0 Å². The van der Waals surface area contributed by atoms with Crippen molar-refractivity contribution in [2.45, 2.75) is 45.4 Å². The number of hydrogen-bond acceptors (Lipinski definition) is 3. The molecular weight excluding hydrogens is 298 g/mol. The van der Waals surface area contributed by atoms with E-state index in [1.807, 2.05) is 6.20 Å². The number of aromatic amines is 1. The maximum absolute atomic E-state index is 5.61. The molecule has 4 nitrogen and oxygen atoms in total. The standard InChI is InChI=1S/C20H23N3O/c1-11(2)16-8-7-14(20(22-16)24-4)19-15(13-5-6-13)9-17-18(23-19)12(3)10-21-17/h7-11,13,21H,5-6H2,1-4H3. The molecule has 24 heavy (non-hydrogen) atoms. The molecule has 0 aliphatic heterocycles. The number of pyridine rings is 2. The fraction of sp³-hybridized carbons (Fsp3) is 0.400. The predicted octanol–water partition coefficient (Wildman–Crippen LogP) is 4.94. The summed E-state index contributed by atoms with van der Waals surface area (Å²) in [5.74, 6) is 1.65. The third-order valence-corrected chi connectivity index (χ3v) is 4.81. The topological polar surface area (TPSA) is 50.8 Å². The van der Waals surface area contributed by atoms with Crippen LogP contribution in [-0.4, -0.2) is 22.1 Å². The van der Waals surface area contributed by atoms with Crippen molar-refractivity contribution in [2.24, 2.45) is 0 Å².